The molecule has 7 nitrogen and oxygen atoms in total. The average molecular weight is 346 g/mol. The zero-order valence-corrected chi connectivity index (χ0v) is 14.3. The van der Waals surface area contributed by atoms with Crippen LogP contribution in [0.2, 0.25) is 0 Å². The molecule has 1 aromatic carbocycles. The number of benzene rings is 1. The van der Waals surface area contributed by atoms with E-state index in [9.17, 15) is 9.59 Å². The fourth-order valence-electron chi connectivity index (χ4n) is 2.26. The number of hydrogen-bond acceptors (Lipinski definition) is 6. The zero-order valence-electron chi connectivity index (χ0n) is 13.5. The summed E-state index contributed by atoms with van der Waals surface area (Å²) in [5.41, 5.74) is 1.88. The van der Waals surface area contributed by atoms with Gasteiger partial charge in [0.05, 0.1) is 18.4 Å². The van der Waals surface area contributed by atoms with Crippen LogP contribution in [0.1, 0.15) is 34.8 Å². The number of hydrogen-bond donors (Lipinski definition) is 1. The number of anilines is 1. The second kappa shape index (κ2) is 7.04. The van der Waals surface area contributed by atoms with Gasteiger partial charge in [-0.1, -0.05) is 17.8 Å². The molecule has 24 heavy (non-hydrogen) atoms. The highest BCUT2D eigenvalue weighted by Crippen LogP contribution is 2.37. The number of ether oxygens (including phenoxy) is 1. The number of esters is 1. The summed E-state index contributed by atoms with van der Waals surface area (Å²) in [6.45, 7) is 1.87. The summed E-state index contributed by atoms with van der Waals surface area (Å²) in [5.74, 6) is -0.360. The van der Waals surface area contributed by atoms with E-state index < -0.39 is 5.97 Å². The number of methoxy groups -OCH3 is 1. The van der Waals surface area contributed by atoms with E-state index in [0.29, 0.717) is 17.3 Å². The molecule has 1 heterocycles. The van der Waals surface area contributed by atoms with Gasteiger partial charge in [0, 0.05) is 11.7 Å². The molecule has 1 fully saturated rings. The van der Waals surface area contributed by atoms with Crippen molar-refractivity contribution in [2.75, 3.05) is 18.2 Å². The van der Waals surface area contributed by atoms with Gasteiger partial charge in [-0.25, -0.2) is 4.79 Å². The second-order valence-corrected chi connectivity index (χ2v) is 6.55. The highest BCUT2D eigenvalue weighted by molar-refractivity contribution is 7.99. The van der Waals surface area contributed by atoms with Crippen LogP contribution in [-0.2, 0) is 9.53 Å². The number of aryl methyl sites for hydroxylation is 1. The molecule has 1 aromatic heterocycles. The van der Waals surface area contributed by atoms with Gasteiger partial charge in [0.1, 0.15) is 6.33 Å². The van der Waals surface area contributed by atoms with Crippen molar-refractivity contribution in [1.82, 2.24) is 14.8 Å². The van der Waals surface area contributed by atoms with E-state index in [2.05, 4.69) is 15.5 Å². The molecule has 2 aromatic rings. The van der Waals surface area contributed by atoms with Crippen LogP contribution in [0.4, 0.5) is 5.69 Å². The zero-order chi connectivity index (χ0) is 17.1. The number of aromatic nitrogens is 3. The van der Waals surface area contributed by atoms with Gasteiger partial charge in [-0.2, -0.15) is 0 Å². The van der Waals surface area contributed by atoms with E-state index in [4.69, 9.17) is 4.74 Å². The smallest absolute Gasteiger partial charge is 0.337 e. The van der Waals surface area contributed by atoms with Crippen LogP contribution in [0, 0.1) is 6.92 Å². The Morgan fingerprint density at radius 2 is 2.21 bits per heavy atom. The second-order valence-electron chi connectivity index (χ2n) is 5.61. The molecule has 8 heteroatoms. The van der Waals surface area contributed by atoms with Gasteiger partial charge >= 0.3 is 5.97 Å². The molecule has 1 aliphatic carbocycles. The standard InChI is InChI=1S/C16H18N4O3S/c1-10-3-4-11(15(22)23-2)7-13(10)18-14(21)8-24-16-19-17-9-20(16)12-5-6-12/h3-4,7,9,12H,5-6,8H2,1-2H3,(H,18,21). The number of thioether (sulfide) groups is 1. The van der Waals surface area contributed by atoms with Crippen molar-refractivity contribution in [2.24, 2.45) is 0 Å². The van der Waals surface area contributed by atoms with E-state index in [0.717, 1.165) is 23.6 Å². The van der Waals surface area contributed by atoms with Crippen LogP contribution in [0.5, 0.6) is 0 Å². The molecule has 1 aliphatic rings. The molecule has 126 valence electrons. The monoisotopic (exact) mass is 346 g/mol. The highest BCUT2D eigenvalue weighted by atomic mass is 32.2. The molecule has 0 bridgehead atoms. The maximum absolute atomic E-state index is 12.2. The largest absolute Gasteiger partial charge is 0.465 e. The van der Waals surface area contributed by atoms with Crippen molar-refractivity contribution < 1.29 is 14.3 Å². The number of nitrogens with one attached hydrogen (secondary N) is 1. The van der Waals surface area contributed by atoms with E-state index in [-0.39, 0.29) is 11.7 Å². The van der Waals surface area contributed by atoms with Crippen molar-refractivity contribution in [3.63, 3.8) is 0 Å². The van der Waals surface area contributed by atoms with E-state index >= 15 is 0 Å². The summed E-state index contributed by atoms with van der Waals surface area (Å²) < 4.78 is 6.72. The van der Waals surface area contributed by atoms with Gasteiger partial charge in [-0.15, -0.1) is 10.2 Å². The first kappa shape index (κ1) is 16.5. The summed E-state index contributed by atoms with van der Waals surface area (Å²) in [4.78, 5) is 23.8. The first-order chi connectivity index (χ1) is 11.6. The maximum atomic E-state index is 12.2. The van der Waals surface area contributed by atoms with E-state index in [1.165, 1.54) is 18.9 Å². The van der Waals surface area contributed by atoms with Crippen molar-refractivity contribution in [3.8, 4) is 0 Å². The van der Waals surface area contributed by atoms with Crippen LogP contribution in [0.25, 0.3) is 0 Å². The predicted octanol–water partition coefficient (Wildman–Crippen LogP) is 2.44. The van der Waals surface area contributed by atoms with Crippen molar-refractivity contribution >= 4 is 29.3 Å². The van der Waals surface area contributed by atoms with Gasteiger partial charge in [-0.05, 0) is 37.5 Å². The quantitative estimate of drug-likeness (QED) is 0.639. The Kier molecular flexibility index (Phi) is 4.84. The molecule has 0 atom stereocenters. The summed E-state index contributed by atoms with van der Waals surface area (Å²) in [6, 6.07) is 5.54. The molecule has 0 unspecified atom stereocenters. The molecule has 0 saturated heterocycles. The first-order valence-corrected chi connectivity index (χ1v) is 8.58. The molecule has 1 N–H and O–H groups in total. The number of nitrogens with zero attached hydrogens (tertiary/aromatic N) is 3. The minimum absolute atomic E-state index is 0.157. The molecule has 0 aliphatic heterocycles. The SMILES string of the molecule is COC(=O)c1ccc(C)c(NC(=O)CSc2nncn2C2CC2)c1. The Morgan fingerprint density at radius 3 is 2.92 bits per heavy atom. The molecular weight excluding hydrogens is 328 g/mol. The highest BCUT2D eigenvalue weighted by Gasteiger charge is 2.26. The molecule has 1 amide bonds. The predicted molar refractivity (Wildman–Crippen MR) is 90.2 cm³/mol. The molecular formula is C16H18N4O3S. The van der Waals surface area contributed by atoms with Crippen LogP contribution in [0.3, 0.4) is 0 Å². The Morgan fingerprint density at radius 1 is 1.42 bits per heavy atom. The Hall–Kier alpha value is -2.35. The van der Waals surface area contributed by atoms with Crippen molar-refractivity contribution in [2.45, 2.75) is 31.0 Å². The Labute approximate surface area is 143 Å². The normalized spacial score (nSPS) is 13.6. The molecule has 0 spiro atoms. The number of rotatable bonds is 6. The number of amides is 1. The third-order valence-corrected chi connectivity index (χ3v) is 4.70. The topological polar surface area (TPSA) is 86.1 Å². The number of carbonyl (C=O) groups is 2. The molecule has 1 saturated carbocycles. The van der Waals surface area contributed by atoms with E-state index in [1.54, 1.807) is 24.5 Å². The summed E-state index contributed by atoms with van der Waals surface area (Å²) in [6.07, 6.45) is 3.98. The molecule has 3 rings (SSSR count). The number of carbonyl (C=O) groups excluding carboxylic acids is 2. The average Bonchev–Trinajstić information content (AvgIpc) is 3.32. The lowest BCUT2D eigenvalue weighted by molar-refractivity contribution is -0.113. The lowest BCUT2D eigenvalue weighted by Crippen LogP contribution is -2.16. The fourth-order valence-corrected chi connectivity index (χ4v) is 3.04. The van der Waals surface area contributed by atoms with Gasteiger partial charge in [-0.3, -0.25) is 4.79 Å². The van der Waals surface area contributed by atoms with Crippen LogP contribution >= 0.6 is 11.8 Å². The maximum Gasteiger partial charge on any atom is 0.337 e. The minimum Gasteiger partial charge on any atom is -0.465 e. The molecule has 0 radical (unpaired) electrons. The summed E-state index contributed by atoms with van der Waals surface area (Å²) in [7, 11) is 1.33. The first-order valence-electron chi connectivity index (χ1n) is 7.59. The van der Waals surface area contributed by atoms with Crippen LogP contribution in [-0.4, -0.2) is 39.5 Å². The van der Waals surface area contributed by atoms with Gasteiger partial charge in [0.25, 0.3) is 0 Å². The summed E-state index contributed by atoms with van der Waals surface area (Å²) in [5, 5.41) is 11.6. The van der Waals surface area contributed by atoms with Crippen molar-refractivity contribution in [1.29, 1.82) is 0 Å². The third kappa shape index (κ3) is 3.76. The van der Waals surface area contributed by atoms with Crippen molar-refractivity contribution in [3.05, 3.63) is 35.7 Å². The van der Waals surface area contributed by atoms with Crippen LogP contribution in [0.15, 0.2) is 29.7 Å². The Balaban J connectivity index is 1.62. The summed E-state index contributed by atoms with van der Waals surface area (Å²) >= 11 is 1.36. The van der Waals surface area contributed by atoms with Gasteiger partial charge in [0.2, 0.25) is 5.91 Å². The lowest BCUT2D eigenvalue weighted by Gasteiger charge is -2.10. The fraction of sp³-hybridized carbons (Fsp3) is 0.375. The Bertz CT molecular complexity index is 770. The van der Waals surface area contributed by atoms with Gasteiger partial charge < -0.3 is 14.6 Å². The lowest BCUT2D eigenvalue weighted by atomic mass is 10.1. The van der Waals surface area contributed by atoms with Gasteiger partial charge in [0.15, 0.2) is 5.16 Å². The third-order valence-electron chi connectivity index (χ3n) is 3.75. The van der Waals surface area contributed by atoms with E-state index in [1.807, 2.05) is 11.5 Å². The minimum atomic E-state index is -0.433. The van der Waals surface area contributed by atoms with Crippen LogP contribution < -0.4 is 5.32 Å².